The van der Waals surface area contributed by atoms with Crippen molar-refractivity contribution in [3.8, 4) is 6.07 Å². The van der Waals surface area contributed by atoms with E-state index in [1.165, 1.54) is 0 Å². The molecule has 0 saturated carbocycles. The van der Waals surface area contributed by atoms with Gasteiger partial charge >= 0.3 is 5.97 Å². The molecule has 0 radical (unpaired) electrons. The van der Waals surface area contributed by atoms with Crippen LogP contribution >= 0.6 is 0 Å². The van der Waals surface area contributed by atoms with Crippen LogP contribution < -0.4 is 5.32 Å². The molecule has 2 N–H and O–H groups in total. The zero-order chi connectivity index (χ0) is 9.72. The average molecular weight is 170 g/mol. The number of carbonyl (C=O) groups is 1. The molecule has 2 unspecified atom stereocenters. The molecule has 0 aliphatic rings. The first-order valence-electron chi connectivity index (χ1n) is 3.87. The monoisotopic (exact) mass is 170 g/mol. The predicted octanol–water partition coefficient (Wildman–Crippen LogP) is 0.597. The largest absolute Gasteiger partial charge is 0.480 e. The van der Waals surface area contributed by atoms with E-state index in [0.29, 0.717) is 0 Å². The lowest BCUT2D eigenvalue weighted by molar-refractivity contribution is -0.140. The Morgan fingerprint density at radius 3 is 2.25 bits per heavy atom. The van der Waals surface area contributed by atoms with Crippen LogP contribution in [0.15, 0.2) is 0 Å². The fourth-order valence-electron chi connectivity index (χ4n) is 0.855. The highest BCUT2D eigenvalue weighted by Crippen LogP contribution is 2.02. The molecule has 4 nitrogen and oxygen atoms in total. The molecule has 0 heterocycles. The van der Waals surface area contributed by atoms with Crippen LogP contribution in [0.2, 0.25) is 0 Å². The van der Waals surface area contributed by atoms with Crippen molar-refractivity contribution in [1.82, 2.24) is 5.32 Å². The summed E-state index contributed by atoms with van der Waals surface area (Å²) in [6.07, 6.45) is 0. The topological polar surface area (TPSA) is 73.1 Å². The number of hydrogen-bond donors (Lipinski definition) is 2. The van der Waals surface area contributed by atoms with Gasteiger partial charge in [-0.05, 0) is 12.8 Å². The first-order chi connectivity index (χ1) is 5.49. The molecular formula is C8H14N2O2. The summed E-state index contributed by atoms with van der Waals surface area (Å²) in [5.74, 6) is -0.926. The van der Waals surface area contributed by atoms with Gasteiger partial charge in [-0.15, -0.1) is 0 Å². The lowest BCUT2D eigenvalue weighted by atomic mass is 10.0. The second kappa shape index (κ2) is 4.73. The summed E-state index contributed by atoms with van der Waals surface area (Å²) in [5, 5.41) is 19.9. The third-order valence-electron chi connectivity index (χ3n) is 1.56. The van der Waals surface area contributed by atoms with Crippen molar-refractivity contribution in [2.75, 3.05) is 0 Å². The zero-order valence-electron chi connectivity index (χ0n) is 7.53. The van der Waals surface area contributed by atoms with Gasteiger partial charge < -0.3 is 5.11 Å². The Balaban J connectivity index is 4.16. The number of nitrogens with one attached hydrogen (secondary N) is 1. The van der Waals surface area contributed by atoms with Crippen molar-refractivity contribution in [3.05, 3.63) is 0 Å². The Bertz CT molecular complexity index is 196. The second-order valence-electron chi connectivity index (χ2n) is 3.08. The maximum absolute atomic E-state index is 10.6. The standard InChI is InChI=1S/C8H14N2O2/c1-5(2)7(8(11)12)10-6(3)4-9/h5-7,10H,1-3H3,(H,11,12). The van der Waals surface area contributed by atoms with Crippen molar-refractivity contribution < 1.29 is 9.90 Å². The number of carboxylic acid groups (broad SMARTS) is 1. The number of carboxylic acids is 1. The van der Waals surface area contributed by atoms with E-state index in [9.17, 15) is 4.79 Å². The summed E-state index contributed by atoms with van der Waals surface area (Å²) in [6, 6.07) is 0.869. The van der Waals surface area contributed by atoms with E-state index in [2.05, 4.69) is 5.32 Å². The van der Waals surface area contributed by atoms with Crippen molar-refractivity contribution in [2.24, 2.45) is 5.92 Å². The quantitative estimate of drug-likeness (QED) is 0.648. The van der Waals surface area contributed by atoms with Crippen LogP contribution in [0, 0.1) is 17.2 Å². The highest BCUT2D eigenvalue weighted by atomic mass is 16.4. The molecule has 0 aliphatic heterocycles. The van der Waals surface area contributed by atoms with Gasteiger partial charge in [-0.2, -0.15) is 5.26 Å². The van der Waals surface area contributed by atoms with Gasteiger partial charge in [-0.25, -0.2) is 0 Å². The minimum atomic E-state index is -0.910. The van der Waals surface area contributed by atoms with E-state index < -0.39 is 18.1 Å². The van der Waals surface area contributed by atoms with Gasteiger partial charge in [0.05, 0.1) is 12.1 Å². The van der Waals surface area contributed by atoms with Crippen LogP contribution in [0.1, 0.15) is 20.8 Å². The summed E-state index contributed by atoms with van der Waals surface area (Å²) < 4.78 is 0. The molecule has 0 aromatic rings. The van der Waals surface area contributed by atoms with Crippen molar-refractivity contribution >= 4 is 5.97 Å². The number of aliphatic carboxylic acids is 1. The lowest BCUT2D eigenvalue weighted by Gasteiger charge is -2.18. The fourth-order valence-corrected chi connectivity index (χ4v) is 0.855. The highest BCUT2D eigenvalue weighted by Gasteiger charge is 2.22. The zero-order valence-corrected chi connectivity index (χ0v) is 7.53. The maximum Gasteiger partial charge on any atom is 0.320 e. The molecule has 0 aromatic heterocycles. The molecule has 0 aliphatic carbocycles. The normalized spacial score (nSPS) is 15.2. The summed E-state index contributed by atoms with van der Waals surface area (Å²) in [4.78, 5) is 10.6. The number of nitrogens with zero attached hydrogens (tertiary/aromatic N) is 1. The van der Waals surface area contributed by atoms with Crippen molar-refractivity contribution in [2.45, 2.75) is 32.9 Å². The first kappa shape index (κ1) is 10.9. The number of hydrogen-bond acceptors (Lipinski definition) is 3. The fraction of sp³-hybridized carbons (Fsp3) is 0.750. The van der Waals surface area contributed by atoms with Crippen LogP contribution in [0.4, 0.5) is 0 Å². The van der Waals surface area contributed by atoms with Crippen LogP contribution in [0.5, 0.6) is 0 Å². The van der Waals surface area contributed by atoms with Crippen molar-refractivity contribution in [3.63, 3.8) is 0 Å². The molecular weight excluding hydrogens is 156 g/mol. The van der Waals surface area contributed by atoms with Crippen molar-refractivity contribution in [1.29, 1.82) is 5.26 Å². The minimum absolute atomic E-state index is 0.0155. The summed E-state index contributed by atoms with van der Waals surface area (Å²) >= 11 is 0. The molecule has 0 fully saturated rings. The molecule has 0 aromatic carbocycles. The Kier molecular flexibility index (Phi) is 4.30. The van der Waals surface area contributed by atoms with Crippen LogP contribution in [-0.2, 0) is 4.79 Å². The predicted molar refractivity (Wildman–Crippen MR) is 44.5 cm³/mol. The molecule has 0 amide bonds. The lowest BCUT2D eigenvalue weighted by Crippen LogP contribution is -2.44. The minimum Gasteiger partial charge on any atom is -0.480 e. The third-order valence-corrected chi connectivity index (χ3v) is 1.56. The Morgan fingerprint density at radius 1 is 1.50 bits per heavy atom. The van der Waals surface area contributed by atoms with Gasteiger partial charge in [0.1, 0.15) is 6.04 Å². The van der Waals surface area contributed by atoms with E-state index in [-0.39, 0.29) is 5.92 Å². The molecule has 0 saturated heterocycles. The van der Waals surface area contributed by atoms with E-state index in [1.807, 2.05) is 6.07 Å². The SMILES string of the molecule is CC(C#N)NC(C(=O)O)C(C)C. The molecule has 68 valence electrons. The van der Waals surface area contributed by atoms with E-state index in [0.717, 1.165) is 0 Å². The molecule has 2 atom stereocenters. The maximum atomic E-state index is 10.6. The average Bonchev–Trinajstić information content (AvgIpc) is 1.98. The van der Waals surface area contributed by atoms with E-state index in [4.69, 9.17) is 10.4 Å². The van der Waals surface area contributed by atoms with Gasteiger partial charge in [-0.1, -0.05) is 13.8 Å². The highest BCUT2D eigenvalue weighted by molar-refractivity contribution is 5.73. The van der Waals surface area contributed by atoms with E-state index in [1.54, 1.807) is 20.8 Å². The summed E-state index contributed by atoms with van der Waals surface area (Å²) in [6.45, 7) is 5.24. The Morgan fingerprint density at radius 2 is 2.00 bits per heavy atom. The van der Waals surface area contributed by atoms with E-state index >= 15 is 0 Å². The molecule has 0 rings (SSSR count). The molecule has 0 bridgehead atoms. The first-order valence-corrected chi connectivity index (χ1v) is 3.87. The Labute approximate surface area is 72.2 Å². The molecule has 4 heteroatoms. The smallest absolute Gasteiger partial charge is 0.320 e. The molecule has 0 spiro atoms. The van der Waals surface area contributed by atoms with Crippen LogP contribution in [0.25, 0.3) is 0 Å². The third kappa shape index (κ3) is 3.35. The van der Waals surface area contributed by atoms with Crippen LogP contribution in [0.3, 0.4) is 0 Å². The van der Waals surface area contributed by atoms with Gasteiger partial charge in [0.15, 0.2) is 0 Å². The van der Waals surface area contributed by atoms with Crippen LogP contribution in [-0.4, -0.2) is 23.2 Å². The van der Waals surface area contributed by atoms with Gasteiger partial charge in [-0.3, -0.25) is 10.1 Å². The Hall–Kier alpha value is -1.08. The number of rotatable bonds is 4. The molecule has 12 heavy (non-hydrogen) atoms. The van der Waals surface area contributed by atoms with Gasteiger partial charge in [0.2, 0.25) is 0 Å². The summed E-state index contributed by atoms with van der Waals surface area (Å²) in [7, 11) is 0. The second-order valence-corrected chi connectivity index (χ2v) is 3.08. The number of nitriles is 1. The summed E-state index contributed by atoms with van der Waals surface area (Å²) in [5.41, 5.74) is 0. The van der Waals surface area contributed by atoms with Gasteiger partial charge in [0.25, 0.3) is 0 Å². The van der Waals surface area contributed by atoms with Gasteiger partial charge in [0, 0.05) is 0 Å².